The van der Waals surface area contributed by atoms with Crippen LogP contribution in [0.1, 0.15) is 0 Å². The molecule has 0 N–H and O–H groups in total. The molecule has 0 radical (unpaired) electrons. The van der Waals surface area contributed by atoms with Gasteiger partial charge in [-0.15, -0.1) is 0 Å². The van der Waals surface area contributed by atoms with Gasteiger partial charge in [-0.25, -0.2) is 38.7 Å². The molecule has 6 nitrogen and oxygen atoms in total. The summed E-state index contributed by atoms with van der Waals surface area (Å²) in [6.07, 6.45) is 0. The molecule has 0 unspecified atom stereocenters. The number of hydrogen-bond acceptors (Lipinski definition) is 6. The van der Waals surface area contributed by atoms with Crippen LogP contribution in [0.3, 0.4) is 0 Å². The Morgan fingerprint density at radius 3 is 0.883 bits per heavy atom. The summed E-state index contributed by atoms with van der Waals surface area (Å²) < 4.78 is 27.7. The predicted octanol–water partition coefficient (Wildman–Crippen LogP) is 12.8. The molecule has 0 atom stereocenters. The van der Waals surface area contributed by atoms with Crippen LogP contribution in [0.4, 0.5) is 8.78 Å². The summed E-state index contributed by atoms with van der Waals surface area (Å²) in [5, 5.41) is 2.19. The molecule has 60 heavy (non-hydrogen) atoms. The van der Waals surface area contributed by atoms with Crippen molar-refractivity contribution in [2.24, 2.45) is 0 Å². The fourth-order valence-electron chi connectivity index (χ4n) is 7.18. The minimum Gasteiger partial charge on any atom is -0.208 e. The lowest BCUT2D eigenvalue weighted by Gasteiger charge is -2.11. The third-order valence-electron chi connectivity index (χ3n) is 10.3. The summed E-state index contributed by atoms with van der Waals surface area (Å²) >= 11 is 0. The number of rotatable bonds is 8. The first kappa shape index (κ1) is 36.3. The summed E-state index contributed by atoms with van der Waals surface area (Å²) in [5.74, 6) is 2.39. The standard InChI is InChI=1S/C52H32F2N6/c53-45-25-21-36(22-26-45)49-55-47(34-9-3-1-4-10-34)57-51(59-49)42-15-7-13-38(29-42)40-19-17-33-18-20-41(32-44(33)31-40)39-14-8-16-43(30-39)52-58-48(35-11-5-2-6-12-35)56-50(60-52)37-23-27-46(54)28-24-37/h1-32H. The Morgan fingerprint density at radius 1 is 0.217 bits per heavy atom. The zero-order valence-electron chi connectivity index (χ0n) is 31.9. The number of hydrogen-bond donors (Lipinski definition) is 0. The molecule has 8 heteroatoms. The van der Waals surface area contributed by atoms with Crippen molar-refractivity contribution in [3.63, 3.8) is 0 Å². The molecule has 0 saturated carbocycles. The van der Waals surface area contributed by atoms with E-state index in [1.807, 2.05) is 84.9 Å². The molecule has 0 amide bonds. The molecule has 0 bridgehead atoms. The number of halogens is 2. The number of nitrogens with zero attached hydrogens (tertiary/aromatic N) is 6. The number of aromatic nitrogens is 6. The normalized spacial score (nSPS) is 11.2. The van der Waals surface area contributed by atoms with Crippen LogP contribution in [0.15, 0.2) is 194 Å². The summed E-state index contributed by atoms with van der Waals surface area (Å²) in [6.45, 7) is 0. The molecule has 0 spiro atoms. The maximum atomic E-state index is 13.8. The van der Waals surface area contributed by atoms with E-state index < -0.39 is 0 Å². The van der Waals surface area contributed by atoms with Crippen LogP contribution in [0.5, 0.6) is 0 Å². The number of benzene rings is 8. The van der Waals surface area contributed by atoms with Crippen LogP contribution in [0, 0.1) is 11.6 Å². The monoisotopic (exact) mass is 778 g/mol. The summed E-state index contributed by atoms with van der Waals surface area (Å²) in [4.78, 5) is 29.1. The van der Waals surface area contributed by atoms with Crippen molar-refractivity contribution in [2.45, 2.75) is 0 Å². The van der Waals surface area contributed by atoms with E-state index in [-0.39, 0.29) is 11.6 Å². The molecule has 0 fully saturated rings. The van der Waals surface area contributed by atoms with Crippen LogP contribution in [-0.2, 0) is 0 Å². The van der Waals surface area contributed by atoms with Crippen molar-refractivity contribution in [1.29, 1.82) is 0 Å². The second-order valence-electron chi connectivity index (χ2n) is 14.3. The highest BCUT2D eigenvalue weighted by atomic mass is 19.1. The van der Waals surface area contributed by atoms with Gasteiger partial charge in [0, 0.05) is 33.4 Å². The van der Waals surface area contributed by atoms with Crippen molar-refractivity contribution in [2.75, 3.05) is 0 Å². The largest absolute Gasteiger partial charge is 0.208 e. The second kappa shape index (κ2) is 15.7. The van der Waals surface area contributed by atoms with Crippen LogP contribution in [0.2, 0.25) is 0 Å². The topological polar surface area (TPSA) is 77.3 Å². The van der Waals surface area contributed by atoms with Crippen LogP contribution < -0.4 is 0 Å². The van der Waals surface area contributed by atoms with Crippen molar-refractivity contribution < 1.29 is 8.78 Å². The minimum atomic E-state index is -0.324. The van der Waals surface area contributed by atoms with Crippen molar-refractivity contribution in [3.05, 3.63) is 206 Å². The van der Waals surface area contributed by atoms with E-state index in [9.17, 15) is 8.78 Å². The predicted molar refractivity (Wildman–Crippen MR) is 234 cm³/mol. The van der Waals surface area contributed by atoms with Gasteiger partial charge in [-0.05, 0) is 106 Å². The zero-order chi connectivity index (χ0) is 40.4. The average molecular weight is 779 g/mol. The molecular weight excluding hydrogens is 747 g/mol. The van der Waals surface area contributed by atoms with E-state index in [4.69, 9.17) is 29.9 Å². The Kier molecular flexibility index (Phi) is 9.48. The fraction of sp³-hybridized carbons (Fsp3) is 0. The van der Waals surface area contributed by atoms with Gasteiger partial charge in [-0.3, -0.25) is 0 Å². The van der Waals surface area contributed by atoms with Gasteiger partial charge >= 0.3 is 0 Å². The van der Waals surface area contributed by atoms with Gasteiger partial charge in [-0.2, -0.15) is 0 Å². The zero-order valence-corrected chi connectivity index (χ0v) is 31.9. The Balaban J connectivity index is 1.00. The first-order chi connectivity index (χ1) is 29.5. The van der Waals surface area contributed by atoms with Gasteiger partial charge in [0.05, 0.1) is 0 Å². The molecule has 0 aliphatic rings. The Bertz CT molecular complexity index is 2950. The first-order valence-corrected chi connectivity index (χ1v) is 19.4. The molecule has 2 heterocycles. The highest BCUT2D eigenvalue weighted by Gasteiger charge is 2.15. The van der Waals surface area contributed by atoms with Gasteiger partial charge in [0.15, 0.2) is 34.9 Å². The lowest BCUT2D eigenvalue weighted by molar-refractivity contribution is 0.627. The Hall–Kier alpha value is -8.10. The molecule has 0 saturated heterocycles. The third-order valence-corrected chi connectivity index (χ3v) is 10.3. The van der Waals surface area contributed by atoms with E-state index >= 15 is 0 Å². The highest BCUT2D eigenvalue weighted by Crippen LogP contribution is 2.33. The highest BCUT2D eigenvalue weighted by molar-refractivity contribution is 5.91. The van der Waals surface area contributed by atoms with Crippen molar-refractivity contribution >= 4 is 10.8 Å². The van der Waals surface area contributed by atoms with Gasteiger partial charge in [0.2, 0.25) is 0 Å². The Labute approximate surface area is 344 Å². The molecule has 0 aliphatic heterocycles. The van der Waals surface area contributed by atoms with Crippen LogP contribution >= 0.6 is 0 Å². The van der Waals surface area contributed by atoms with Gasteiger partial charge in [0.1, 0.15) is 11.6 Å². The van der Waals surface area contributed by atoms with Gasteiger partial charge < -0.3 is 0 Å². The molecule has 10 aromatic rings. The maximum Gasteiger partial charge on any atom is 0.164 e. The minimum absolute atomic E-state index is 0.324. The molecule has 2 aromatic heterocycles. The summed E-state index contributed by atoms with van der Waals surface area (Å²) in [7, 11) is 0. The molecule has 8 aromatic carbocycles. The molecule has 0 aliphatic carbocycles. The first-order valence-electron chi connectivity index (χ1n) is 19.4. The molecule has 10 rings (SSSR count). The van der Waals surface area contributed by atoms with Crippen molar-refractivity contribution in [3.8, 4) is 90.6 Å². The van der Waals surface area contributed by atoms with E-state index in [0.29, 0.717) is 46.1 Å². The smallest absolute Gasteiger partial charge is 0.164 e. The SMILES string of the molecule is Fc1ccc(-c2nc(-c3ccccc3)nc(-c3cccc(-c4ccc5ccc(-c6cccc(-c7nc(-c8ccccc8)nc(-c8ccc(F)cc8)n7)c6)cc5c4)c3)n2)cc1. The van der Waals surface area contributed by atoms with Crippen molar-refractivity contribution in [1.82, 2.24) is 29.9 Å². The quantitative estimate of drug-likeness (QED) is 0.153. The second-order valence-corrected chi connectivity index (χ2v) is 14.3. The number of fused-ring (bicyclic) bond motifs is 1. The molecule has 284 valence electrons. The van der Waals surface area contributed by atoms with E-state index in [1.54, 1.807) is 24.3 Å². The van der Waals surface area contributed by atoms with Gasteiger partial charge in [-0.1, -0.05) is 121 Å². The molecular formula is C52H32F2N6. The van der Waals surface area contributed by atoms with E-state index in [2.05, 4.69) is 60.7 Å². The van der Waals surface area contributed by atoms with Crippen LogP contribution in [0.25, 0.3) is 101 Å². The summed E-state index contributed by atoms with van der Waals surface area (Å²) in [5.41, 5.74) is 8.87. The fourth-order valence-corrected chi connectivity index (χ4v) is 7.18. The average Bonchev–Trinajstić information content (AvgIpc) is 3.32. The van der Waals surface area contributed by atoms with E-state index in [0.717, 1.165) is 55.3 Å². The lowest BCUT2D eigenvalue weighted by atomic mass is 9.96. The maximum absolute atomic E-state index is 13.8. The summed E-state index contributed by atoms with van der Waals surface area (Å²) in [6, 6.07) is 61.1. The van der Waals surface area contributed by atoms with Gasteiger partial charge in [0.25, 0.3) is 0 Å². The third kappa shape index (κ3) is 7.53. The lowest BCUT2D eigenvalue weighted by Crippen LogP contribution is -2.00. The van der Waals surface area contributed by atoms with E-state index in [1.165, 1.54) is 24.3 Å². The van der Waals surface area contributed by atoms with Crippen LogP contribution in [-0.4, -0.2) is 29.9 Å². The Morgan fingerprint density at radius 2 is 0.500 bits per heavy atom.